The summed E-state index contributed by atoms with van der Waals surface area (Å²) in [5.41, 5.74) is 2.12. The molecule has 86 valence electrons. The average Bonchev–Trinajstić information content (AvgIpc) is 2.32. The van der Waals surface area contributed by atoms with Crippen molar-refractivity contribution in [1.82, 2.24) is 0 Å². The van der Waals surface area contributed by atoms with Gasteiger partial charge in [0.05, 0.1) is 4.92 Å². The molecule has 0 amide bonds. The van der Waals surface area contributed by atoms with Crippen molar-refractivity contribution in [1.29, 1.82) is 0 Å². The SMILES string of the molecule is O=[N+]([O-])c1cccc(Cc2ccc(Cl)cc2)c1. The maximum Gasteiger partial charge on any atom is 0.269 e. The van der Waals surface area contributed by atoms with E-state index in [-0.39, 0.29) is 10.6 Å². The first kappa shape index (κ1) is 11.6. The number of nitro benzene ring substituents is 1. The van der Waals surface area contributed by atoms with Gasteiger partial charge >= 0.3 is 0 Å². The smallest absolute Gasteiger partial charge is 0.258 e. The van der Waals surface area contributed by atoms with Gasteiger partial charge in [0.1, 0.15) is 0 Å². The van der Waals surface area contributed by atoms with Crippen molar-refractivity contribution >= 4 is 17.3 Å². The highest BCUT2D eigenvalue weighted by Crippen LogP contribution is 2.17. The van der Waals surface area contributed by atoms with Crippen LogP contribution in [0.3, 0.4) is 0 Å². The van der Waals surface area contributed by atoms with Crippen LogP contribution in [0, 0.1) is 10.1 Å². The molecule has 0 aliphatic carbocycles. The van der Waals surface area contributed by atoms with Gasteiger partial charge in [-0.1, -0.05) is 35.9 Å². The Balaban J connectivity index is 2.21. The van der Waals surface area contributed by atoms with Crippen LogP contribution in [0.25, 0.3) is 0 Å². The Hall–Kier alpha value is -1.87. The first-order valence-electron chi connectivity index (χ1n) is 5.13. The second-order valence-corrected chi connectivity index (χ2v) is 4.17. The molecular weight excluding hydrogens is 238 g/mol. The molecule has 0 saturated carbocycles. The summed E-state index contributed by atoms with van der Waals surface area (Å²) in [4.78, 5) is 10.3. The molecule has 0 radical (unpaired) electrons. The molecule has 0 aliphatic rings. The highest BCUT2D eigenvalue weighted by Gasteiger charge is 2.05. The van der Waals surface area contributed by atoms with Crippen molar-refractivity contribution in [2.75, 3.05) is 0 Å². The van der Waals surface area contributed by atoms with Crippen LogP contribution in [0.2, 0.25) is 5.02 Å². The van der Waals surface area contributed by atoms with Crippen LogP contribution in [0.4, 0.5) is 5.69 Å². The first-order chi connectivity index (χ1) is 8.15. The zero-order chi connectivity index (χ0) is 12.3. The Morgan fingerprint density at radius 3 is 2.41 bits per heavy atom. The largest absolute Gasteiger partial charge is 0.269 e. The fraction of sp³-hybridized carbons (Fsp3) is 0.0769. The van der Waals surface area contributed by atoms with Gasteiger partial charge in [-0.25, -0.2) is 0 Å². The van der Waals surface area contributed by atoms with E-state index < -0.39 is 0 Å². The van der Waals surface area contributed by atoms with Crippen LogP contribution in [0.1, 0.15) is 11.1 Å². The van der Waals surface area contributed by atoms with Gasteiger partial charge in [-0.05, 0) is 29.7 Å². The van der Waals surface area contributed by atoms with E-state index in [1.165, 1.54) is 6.07 Å². The highest BCUT2D eigenvalue weighted by molar-refractivity contribution is 6.30. The Labute approximate surface area is 104 Å². The van der Waals surface area contributed by atoms with Crippen molar-refractivity contribution in [2.45, 2.75) is 6.42 Å². The third-order valence-corrected chi connectivity index (χ3v) is 2.69. The van der Waals surface area contributed by atoms with Crippen LogP contribution in [0.15, 0.2) is 48.5 Å². The summed E-state index contributed by atoms with van der Waals surface area (Å²) in [7, 11) is 0. The van der Waals surface area contributed by atoms with Crippen LogP contribution < -0.4 is 0 Å². The fourth-order valence-corrected chi connectivity index (χ4v) is 1.74. The molecule has 0 aliphatic heterocycles. The molecule has 0 unspecified atom stereocenters. The summed E-state index contributed by atoms with van der Waals surface area (Å²) in [6.45, 7) is 0. The van der Waals surface area contributed by atoms with Crippen LogP contribution in [-0.2, 0) is 6.42 Å². The molecule has 2 aromatic rings. The van der Waals surface area contributed by atoms with Crippen molar-refractivity contribution in [3.05, 3.63) is 74.8 Å². The van der Waals surface area contributed by atoms with E-state index >= 15 is 0 Å². The summed E-state index contributed by atoms with van der Waals surface area (Å²) >= 11 is 5.79. The van der Waals surface area contributed by atoms with Gasteiger partial charge in [-0.2, -0.15) is 0 Å². The minimum atomic E-state index is -0.384. The third kappa shape index (κ3) is 3.04. The topological polar surface area (TPSA) is 43.1 Å². The van der Waals surface area contributed by atoms with E-state index in [0.717, 1.165) is 11.1 Å². The molecule has 0 bridgehead atoms. The minimum absolute atomic E-state index is 0.122. The van der Waals surface area contributed by atoms with Crippen molar-refractivity contribution in [3.8, 4) is 0 Å². The van der Waals surface area contributed by atoms with Gasteiger partial charge in [-0.15, -0.1) is 0 Å². The lowest BCUT2D eigenvalue weighted by atomic mass is 10.0. The molecular formula is C13H10ClNO2. The Morgan fingerprint density at radius 1 is 1.06 bits per heavy atom. The van der Waals surface area contributed by atoms with Gasteiger partial charge in [0, 0.05) is 17.2 Å². The van der Waals surface area contributed by atoms with Crippen molar-refractivity contribution in [2.24, 2.45) is 0 Å². The van der Waals surface area contributed by atoms with Gasteiger partial charge in [0.25, 0.3) is 5.69 Å². The van der Waals surface area contributed by atoms with Crippen LogP contribution in [0.5, 0.6) is 0 Å². The fourth-order valence-electron chi connectivity index (χ4n) is 1.62. The molecule has 4 heteroatoms. The van der Waals surface area contributed by atoms with Gasteiger partial charge in [0.2, 0.25) is 0 Å². The molecule has 17 heavy (non-hydrogen) atoms. The molecule has 0 heterocycles. The lowest BCUT2D eigenvalue weighted by Gasteiger charge is -2.02. The molecule has 0 aromatic heterocycles. The number of hydrogen-bond donors (Lipinski definition) is 0. The number of non-ortho nitro benzene ring substituents is 1. The number of nitrogens with zero attached hydrogens (tertiary/aromatic N) is 1. The molecule has 0 N–H and O–H groups in total. The summed E-state index contributed by atoms with van der Waals surface area (Å²) in [5, 5.41) is 11.3. The summed E-state index contributed by atoms with van der Waals surface area (Å²) < 4.78 is 0. The van der Waals surface area contributed by atoms with Gasteiger partial charge in [0.15, 0.2) is 0 Å². The number of halogens is 1. The number of rotatable bonds is 3. The van der Waals surface area contributed by atoms with E-state index in [2.05, 4.69) is 0 Å². The normalized spacial score (nSPS) is 10.2. The average molecular weight is 248 g/mol. The molecule has 3 nitrogen and oxygen atoms in total. The summed E-state index contributed by atoms with van der Waals surface area (Å²) in [6, 6.07) is 14.1. The third-order valence-electron chi connectivity index (χ3n) is 2.44. The standard InChI is InChI=1S/C13H10ClNO2/c14-12-6-4-10(5-7-12)8-11-2-1-3-13(9-11)15(16)17/h1-7,9H,8H2. The first-order valence-corrected chi connectivity index (χ1v) is 5.51. The van der Waals surface area contributed by atoms with E-state index in [1.54, 1.807) is 12.1 Å². The molecule has 0 fully saturated rings. The van der Waals surface area contributed by atoms with Crippen molar-refractivity contribution < 1.29 is 4.92 Å². The Bertz CT molecular complexity index is 537. The van der Waals surface area contributed by atoms with E-state index in [4.69, 9.17) is 11.6 Å². The summed E-state index contributed by atoms with van der Waals surface area (Å²) in [6.07, 6.45) is 0.666. The van der Waals surface area contributed by atoms with E-state index in [0.29, 0.717) is 11.4 Å². The van der Waals surface area contributed by atoms with Crippen LogP contribution >= 0.6 is 11.6 Å². The van der Waals surface area contributed by atoms with E-state index in [9.17, 15) is 10.1 Å². The number of benzene rings is 2. The molecule has 0 saturated heterocycles. The number of nitro groups is 1. The summed E-state index contributed by atoms with van der Waals surface area (Å²) in [5.74, 6) is 0. The Kier molecular flexibility index (Phi) is 3.40. The predicted octanol–water partition coefficient (Wildman–Crippen LogP) is 3.84. The molecule has 0 spiro atoms. The maximum absolute atomic E-state index is 10.6. The van der Waals surface area contributed by atoms with Gasteiger partial charge in [-0.3, -0.25) is 10.1 Å². The predicted molar refractivity (Wildman–Crippen MR) is 67.4 cm³/mol. The lowest BCUT2D eigenvalue weighted by Crippen LogP contribution is -1.91. The zero-order valence-corrected chi connectivity index (χ0v) is 9.72. The molecule has 2 rings (SSSR count). The van der Waals surface area contributed by atoms with E-state index in [1.807, 2.05) is 30.3 Å². The second-order valence-electron chi connectivity index (χ2n) is 3.73. The quantitative estimate of drug-likeness (QED) is 0.611. The monoisotopic (exact) mass is 247 g/mol. The molecule has 2 aromatic carbocycles. The minimum Gasteiger partial charge on any atom is -0.258 e. The maximum atomic E-state index is 10.6. The lowest BCUT2D eigenvalue weighted by molar-refractivity contribution is -0.384. The Morgan fingerprint density at radius 2 is 1.76 bits per heavy atom. The number of hydrogen-bond acceptors (Lipinski definition) is 2. The van der Waals surface area contributed by atoms with Crippen molar-refractivity contribution in [3.63, 3.8) is 0 Å². The second kappa shape index (κ2) is 4.97. The van der Waals surface area contributed by atoms with Crippen LogP contribution in [-0.4, -0.2) is 4.92 Å². The zero-order valence-electron chi connectivity index (χ0n) is 8.97. The highest BCUT2D eigenvalue weighted by atomic mass is 35.5. The molecule has 0 atom stereocenters. The van der Waals surface area contributed by atoms with Gasteiger partial charge < -0.3 is 0 Å².